The standard InChI is InChI=1S/C28H30ClN3O3S/c1-4-36-24-11-7-19(8-12-24)14-31-27(33)21-13-22-16-32(26(18(2)3)25(22)30-15-21)28(34)35-17-20-5-9-23(29)10-6-20/h5-13,15,18,26H,4,14,16-17H2,1-3H3,(H,31,33)/t26-/m0/s1. The third-order valence-corrected chi connectivity index (χ3v) is 7.20. The minimum absolute atomic E-state index is 0.135. The number of thioether (sulfide) groups is 1. The van der Waals surface area contributed by atoms with Crippen LogP contribution < -0.4 is 5.32 Å². The summed E-state index contributed by atoms with van der Waals surface area (Å²) >= 11 is 7.72. The Kier molecular flexibility index (Phi) is 8.54. The molecule has 0 aliphatic carbocycles. The van der Waals surface area contributed by atoms with Crippen LogP contribution in [0.25, 0.3) is 0 Å². The van der Waals surface area contributed by atoms with Crippen LogP contribution in [0.1, 0.15) is 59.6 Å². The van der Waals surface area contributed by atoms with Gasteiger partial charge < -0.3 is 10.1 Å². The number of amides is 2. The van der Waals surface area contributed by atoms with E-state index in [4.69, 9.17) is 16.3 Å². The predicted octanol–water partition coefficient (Wildman–Crippen LogP) is 6.63. The lowest BCUT2D eigenvalue weighted by Crippen LogP contribution is -2.32. The quantitative estimate of drug-likeness (QED) is 0.336. The number of benzene rings is 2. The highest BCUT2D eigenvalue weighted by Gasteiger charge is 2.38. The Hall–Kier alpha value is -3.03. The van der Waals surface area contributed by atoms with Gasteiger partial charge in [0, 0.05) is 22.7 Å². The Balaban J connectivity index is 1.41. The summed E-state index contributed by atoms with van der Waals surface area (Å²) < 4.78 is 5.59. The molecule has 2 amide bonds. The first-order chi connectivity index (χ1) is 17.4. The van der Waals surface area contributed by atoms with E-state index in [1.54, 1.807) is 35.0 Å². The van der Waals surface area contributed by atoms with Gasteiger partial charge in [-0.05, 0) is 58.7 Å². The number of carbonyl (C=O) groups is 2. The van der Waals surface area contributed by atoms with Crippen molar-refractivity contribution in [3.63, 3.8) is 0 Å². The number of pyridine rings is 1. The Bertz CT molecular complexity index is 1220. The van der Waals surface area contributed by atoms with Gasteiger partial charge in [0.25, 0.3) is 5.91 Å². The van der Waals surface area contributed by atoms with E-state index in [-0.39, 0.29) is 24.5 Å². The monoisotopic (exact) mass is 523 g/mol. The molecule has 1 aliphatic rings. The third-order valence-electron chi connectivity index (χ3n) is 6.05. The van der Waals surface area contributed by atoms with E-state index in [1.165, 1.54) is 4.90 Å². The van der Waals surface area contributed by atoms with E-state index in [0.717, 1.165) is 28.1 Å². The maximum Gasteiger partial charge on any atom is 0.410 e. The summed E-state index contributed by atoms with van der Waals surface area (Å²) in [6.45, 7) is 7.16. The van der Waals surface area contributed by atoms with Crippen molar-refractivity contribution in [3.05, 3.63) is 93.8 Å². The number of hydrogen-bond acceptors (Lipinski definition) is 5. The van der Waals surface area contributed by atoms with Gasteiger partial charge >= 0.3 is 6.09 Å². The molecule has 36 heavy (non-hydrogen) atoms. The van der Waals surface area contributed by atoms with Crippen LogP contribution in [0.2, 0.25) is 5.02 Å². The zero-order chi connectivity index (χ0) is 25.7. The molecule has 1 aromatic heterocycles. The Labute approximate surface area is 221 Å². The van der Waals surface area contributed by atoms with Crippen molar-refractivity contribution < 1.29 is 14.3 Å². The molecule has 0 bridgehead atoms. The number of rotatable bonds is 8. The molecule has 1 aliphatic heterocycles. The van der Waals surface area contributed by atoms with E-state index < -0.39 is 6.09 Å². The first kappa shape index (κ1) is 26.0. The van der Waals surface area contributed by atoms with Crippen molar-refractivity contribution in [2.24, 2.45) is 5.92 Å². The zero-order valence-corrected chi connectivity index (χ0v) is 22.2. The second-order valence-corrected chi connectivity index (χ2v) is 10.8. The van der Waals surface area contributed by atoms with Gasteiger partial charge in [-0.1, -0.05) is 56.6 Å². The Morgan fingerprint density at radius 1 is 1.14 bits per heavy atom. The van der Waals surface area contributed by atoms with Crippen LogP contribution in [0.4, 0.5) is 4.79 Å². The van der Waals surface area contributed by atoms with Crippen LogP contribution >= 0.6 is 23.4 Å². The number of fused-ring (bicyclic) bond motifs is 1. The summed E-state index contributed by atoms with van der Waals surface area (Å²) in [5.74, 6) is 0.967. The molecule has 0 fully saturated rings. The van der Waals surface area contributed by atoms with Crippen LogP contribution in [0.5, 0.6) is 0 Å². The van der Waals surface area contributed by atoms with Crippen molar-refractivity contribution >= 4 is 35.4 Å². The molecule has 2 heterocycles. The largest absolute Gasteiger partial charge is 0.445 e. The number of nitrogens with one attached hydrogen (secondary N) is 1. The van der Waals surface area contributed by atoms with Crippen molar-refractivity contribution in [1.29, 1.82) is 0 Å². The summed E-state index contributed by atoms with van der Waals surface area (Å²) in [4.78, 5) is 33.3. The van der Waals surface area contributed by atoms with Crippen molar-refractivity contribution in [3.8, 4) is 0 Å². The highest BCUT2D eigenvalue weighted by molar-refractivity contribution is 7.99. The third kappa shape index (κ3) is 6.20. The smallest absolute Gasteiger partial charge is 0.410 e. The van der Waals surface area contributed by atoms with Crippen LogP contribution in [-0.4, -0.2) is 27.6 Å². The minimum Gasteiger partial charge on any atom is -0.445 e. The van der Waals surface area contributed by atoms with Gasteiger partial charge in [-0.3, -0.25) is 14.7 Å². The molecule has 6 nitrogen and oxygen atoms in total. The predicted molar refractivity (Wildman–Crippen MR) is 143 cm³/mol. The SMILES string of the molecule is CCSc1ccc(CNC(=O)c2cnc3c(c2)CN(C(=O)OCc2ccc(Cl)cc2)[C@H]3C(C)C)cc1. The molecule has 8 heteroatoms. The van der Waals surface area contributed by atoms with E-state index in [1.807, 2.05) is 44.2 Å². The van der Waals surface area contributed by atoms with E-state index >= 15 is 0 Å². The molecule has 188 valence electrons. The van der Waals surface area contributed by atoms with Crippen LogP contribution in [-0.2, 0) is 24.4 Å². The first-order valence-corrected chi connectivity index (χ1v) is 13.4. The number of nitrogens with zero attached hydrogens (tertiary/aromatic N) is 2. The summed E-state index contributed by atoms with van der Waals surface area (Å²) in [5.41, 5.74) is 4.05. The second kappa shape index (κ2) is 11.8. The van der Waals surface area contributed by atoms with Crippen molar-refractivity contribution in [2.45, 2.75) is 51.4 Å². The van der Waals surface area contributed by atoms with Gasteiger partial charge in [-0.15, -0.1) is 11.8 Å². The molecule has 3 aromatic rings. The second-order valence-electron chi connectivity index (χ2n) is 9.03. The van der Waals surface area contributed by atoms with Gasteiger partial charge in [0.15, 0.2) is 0 Å². The lowest BCUT2D eigenvalue weighted by Gasteiger charge is -2.27. The number of aromatic nitrogens is 1. The average Bonchev–Trinajstić information content (AvgIpc) is 3.27. The summed E-state index contributed by atoms with van der Waals surface area (Å²) in [6, 6.07) is 17.0. The van der Waals surface area contributed by atoms with Crippen LogP contribution in [0, 0.1) is 5.92 Å². The minimum atomic E-state index is -0.405. The maximum absolute atomic E-state index is 13.0. The molecule has 2 aromatic carbocycles. The van der Waals surface area contributed by atoms with Gasteiger partial charge in [-0.25, -0.2) is 4.79 Å². The summed E-state index contributed by atoms with van der Waals surface area (Å²) in [6.07, 6.45) is 1.19. The van der Waals surface area contributed by atoms with Gasteiger partial charge in [0.05, 0.1) is 23.8 Å². The Morgan fingerprint density at radius 3 is 2.50 bits per heavy atom. The number of hydrogen-bond donors (Lipinski definition) is 1. The van der Waals surface area contributed by atoms with E-state index in [2.05, 4.69) is 29.4 Å². The molecule has 1 atom stereocenters. The number of carbonyl (C=O) groups excluding carboxylic acids is 2. The number of ether oxygens (including phenoxy) is 1. The fraction of sp³-hybridized carbons (Fsp3) is 0.321. The van der Waals surface area contributed by atoms with Crippen molar-refractivity contribution in [1.82, 2.24) is 15.2 Å². The average molecular weight is 524 g/mol. The van der Waals surface area contributed by atoms with E-state index in [9.17, 15) is 9.59 Å². The normalized spacial score (nSPS) is 14.6. The maximum atomic E-state index is 13.0. The molecule has 0 saturated heterocycles. The highest BCUT2D eigenvalue weighted by atomic mass is 35.5. The zero-order valence-electron chi connectivity index (χ0n) is 20.7. The highest BCUT2D eigenvalue weighted by Crippen LogP contribution is 2.38. The Morgan fingerprint density at radius 2 is 1.83 bits per heavy atom. The van der Waals surface area contributed by atoms with Gasteiger partial charge in [-0.2, -0.15) is 0 Å². The lowest BCUT2D eigenvalue weighted by molar-refractivity contribution is 0.0736. The summed E-state index contributed by atoms with van der Waals surface area (Å²) in [5, 5.41) is 3.60. The van der Waals surface area contributed by atoms with Gasteiger partial charge in [0.1, 0.15) is 6.61 Å². The van der Waals surface area contributed by atoms with Crippen LogP contribution in [0.3, 0.4) is 0 Å². The molecular formula is C28H30ClN3O3S. The summed E-state index contributed by atoms with van der Waals surface area (Å²) in [7, 11) is 0. The lowest BCUT2D eigenvalue weighted by atomic mass is 9.99. The fourth-order valence-electron chi connectivity index (χ4n) is 4.28. The van der Waals surface area contributed by atoms with Gasteiger partial charge in [0.2, 0.25) is 0 Å². The van der Waals surface area contributed by atoms with E-state index in [0.29, 0.717) is 23.7 Å². The topological polar surface area (TPSA) is 71.5 Å². The molecule has 1 N–H and O–H groups in total. The fourth-order valence-corrected chi connectivity index (χ4v) is 5.07. The molecule has 0 spiro atoms. The molecule has 4 rings (SSSR count). The molecule has 0 saturated carbocycles. The number of halogens is 1. The molecule has 0 unspecified atom stereocenters. The van der Waals surface area contributed by atoms with Crippen LogP contribution in [0.15, 0.2) is 65.7 Å². The molecule has 0 radical (unpaired) electrons. The van der Waals surface area contributed by atoms with Crippen molar-refractivity contribution in [2.75, 3.05) is 5.75 Å². The first-order valence-electron chi connectivity index (χ1n) is 12.0. The molecular weight excluding hydrogens is 494 g/mol.